The van der Waals surface area contributed by atoms with Gasteiger partial charge < -0.3 is 14.6 Å². The van der Waals surface area contributed by atoms with Gasteiger partial charge in [0, 0.05) is 0 Å². The zero-order valence-electron chi connectivity index (χ0n) is 11.3. The van der Waals surface area contributed by atoms with Crippen LogP contribution in [-0.2, 0) is 9.53 Å². The number of benzene rings is 1. The molecule has 1 N–H and O–H groups in total. The Morgan fingerprint density at radius 3 is 2.50 bits per heavy atom. The topological polar surface area (TPSA) is 59.1 Å². The average Bonchev–Trinajstić information content (AvgIpc) is 3.21. The average molecular weight is 282 g/mol. The van der Waals surface area contributed by atoms with Gasteiger partial charge in [0.1, 0.15) is 11.6 Å². The van der Waals surface area contributed by atoms with Crippen molar-refractivity contribution in [3.05, 3.63) is 30.1 Å². The van der Waals surface area contributed by atoms with Crippen molar-refractivity contribution < 1.29 is 23.8 Å². The van der Waals surface area contributed by atoms with Crippen molar-refractivity contribution in [1.29, 1.82) is 0 Å². The summed E-state index contributed by atoms with van der Waals surface area (Å²) in [6.07, 6.45) is 4.28. The van der Waals surface area contributed by atoms with Gasteiger partial charge in [0.15, 0.2) is 5.60 Å². The third-order valence-electron chi connectivity index (χ3n) is 3.44. The van der Waals surface area contributed by atoms with Crippen LogP contribution in [0.15, 0.2) is 24.3 Å². The Morgan fingerprint density at radius 2 is 1.90 bits per heavy atom. The van der Waals surface area contributed by atoms with E-state index in [0.29, 0.717) is 25.4 Å². The molecule has 0 unspecified atom stereocenters. The summed E-state index contributed by atoms with van der Waals surface area (Å²) in [4.78, 5) is 10.9. The van der Waals surface area contributed by atoms with E-state index in [1.165, 1.54) is 12.1 Å². The van der Waals surface area contributed by atoms with Crippen LogP contribution in [0.25, 0.3) is 0 Å². The first kappa shape index (κ1) is 14.8. The summed E-state index contributed by atoms with van der Waals surface area (Å²) in [6, 6.07) is 5.96. The highest BCUT2D eigenvalue weighted by Crippen LogP contribution is 2.33. The highest BCUT2D eigenvalue weighted by molar-refractivity contribution is 5.80. The van der Waals surface area contributed by atoms with E-state index >= 15 is 0 Å². The summed E-state index contributed by atoms with van der Waals surface area (Å²) in [5.41, 5.74) is -0.884. The number of carbonyl (C=O) groups is 1. The molecule has 0 amide bonds. The number of carboxylic acids is 1. The molecular weight excluding hydrogens is 263 g/mol. The van der Waals surface area contributed by atoms with E-state index in [4.69, 9.17) is 14.6 Å². The smallest absolute Gasteiger partial charge is 0.338 e. The largest absolute Gasteiger partial charge is 0.494 e. The molecule has 1 aliphatic heterocycles. The van der Waals surface area contributed by atoms with Crippen molar-refractivity contribution >= 4 is 5.97 Å². The van der Waals surface area contributed by atoms with Gasteiger partial charge >= 0.3 is 5.97 Å². The molecule has 0 bridgehead atoms. The van der Waals surface area contributed by atoms with Gasteiger partial charge in [0.25, 0.3) is 0 Å². The Labute approximate surface area is 117 Å². The second-order valence-electron chi connectivity index (χ2n) is 5.05. The summed E-state index contributed by atoms with van der Waals surface area (Å²) in [6.45, 7) is 0.933. The van der Waals surface area contributed by atoms with E-state index in [1.807, 2.05) is 0 Å². The SMILES string of the molecule is O=C(O)[C@@]1(CCCCCCOc2ccc(F)cc2)CO1. The van der Waals surface area contributed by atoms with Gasteiger partial charge in [-0.15, -0.1) is 0 Å². The molecule has 20 heavy (non-hydrogen) atoms. The van der Waals surface area contributed by atoms with E-state index in [0.717, 1.165) is 25.7 Å². The van der Waals surface area contributed by atoms with E-state index in [1.54, 1.807) is 12.1 Å². The van der Waals surface area contributed by atoms with Crippen molar-refractivity contribution in [2.24, 2.45) is 0 Å². The summed E-state index contributed by atoms with van der Waals surface area (Å²) in [5.74, 6) is -0.452. The van der Waals surface area contributed by atoms with Crippen LogP contribution in [0.3, 0.4) is 0 Å². The van der Waals surface area contributed by atoms with Crippen LogP contribution in [0.4, 0.5) is 4.39 Å². The third-order valence-corrected chi connectivity index (χ3v) is 3.44. The lowest BCUT2D eigenvalue weighted by atomic mass is 10.0. The van der Waals surface area contributed by atoms with Gasteiger partial charge in [0.2, 0.25) is 0 Å². The molecule has 1 saturated heterocycles. The van der Waals surface area contributed by atoms with E-state index < -0.39 is 11.6 Å². The summed E-state index contributed by atoms with van der Waals surface area (Å²) in [7, 11) is 0. The van der Waals surface area contributed by atoms with Crippen molar-refractivity contribution in [2.75, 3.05) is 13.2 Å². The number of unbranched alkanes of at least 4 members (excludes halogenated alkanes) is 3. The fourth-order valence-electron chi connectivity index (χ4n) is 2.05. The molecule has 0 saturated carbocycles. The molecule has 1 fully saturated rings. The summed E-state index contributed by atoms with van der Waals surface area (Å²) >= 11 is 0. The molecular formula is C15H19FO4. The highest BCUT2D eigenvalue weighted by Gasteiger charge is 2.51. The molecule has 0 radical (unpaired) electrons. The maximum absolute atomic E-state index is 12.7. The van der Waals surface area contributed by atoms with Crippen LogP contribution in [-0.4, -0.2) is 29.9 Å². The molecule has 1 aromatic rings. The molecule has 0 aliphatic carbocycles. The first-order valence-electron chi connectivity index (χ1n) is 6.88. The molecule has 1 atom stereocenters. The predicted molar refractivity (Wildman–Crippen MR) is 71.3 cm³/mol. The number of hydrogen-bond donors (Lipinski definition) is 1. The molecule has 0 spiro atoms. The van der Waals surface area contributed by atoms with Gasteiger partial charge in [0.05, 0.1) is 13.2 Å². The molecule has 0 aromatic heterocycles. The molecule has 1 aliphatic rings. The lowest BCUT2D eigenvalue weighted by Crippen LogP contribution is -2.23. The molecule has 2 rings (SSSR count). The maximum atomic E-state index is 12.7. The number of halogens is 1. The monoisotopic (exact) mass is 282 g/mol. The van der Waals surface area contributed by atoms with Crippen LogP contribution in [0, 0.1) is 5.82 Å². The number of carboxylic acid groups (broad SMARTS) is 1. The predicted octanol–water partition coefficient (Wildman–Crippen LogP) is 3.01. The molecule has 5 heteroatoms. The Balaban J connectivity index is 1.50. The Bertz CT molecular complexity index is 440. The minimum atomic E-state index is -0.884. The van der Waals surface area contributed by atoms with Gasteiger partial charge in [-0.3, -0.25) is 0 Å². The lowest BCUT2D eigenvalue weighted by Gasteiger charge is -2.07. The van der Waals surface area contributed by atoms with Crippen LogP contribution >= 0.6 is 0 Å². The zero-order valence-corrected chi connectivity index (χ0v) is 11.3. The van der Waals surface area contributed by atoms with Crippen LogP contribution in [0.1, 0.15) is 32.1 Å². The molecule has 1 aromatic carbocycles. The van der Waals surface area contributed by atoms with Crippen LogP contribution in [0.2, 0.25) is 0 Å². The van der Waals surface area contributed by atoms with Crippen molar-refractivity contribution in [2.45, 2.75) is 37.7 Å². The first-order chi connectivity index (χ1) is 9.62. The van der Waals surface area contributed by atoms with Gasteiger partial charge in [-0.2, -0.15) is 0 Å². The lowest BCUT2D eigenvalue weighted by molar-refractivity contribution is -0.143. The normalized spacial score (nSPS) is 20.6. The zero-order chi connectivity index (χ0) is 14.4. The van der Waals surface area contributed by atoms with Crippen LogP contribution in [0.5, 0.6) is 5.75 Å². The van der Waals surface area contributed by atoms with E-state index in [9.17, 15) is 9.18 Å². The third kappa shape index (κ3) is 4.20. The van der Waals surface area contributed by atoms with Crippen LogP contribution < -0.4 is 4.74 Å². The van der Waals surface area contributed by atoms with Gasteiger partial charge in [-0.05, 0) is 43.5 Å². The number of ether oxygens (including phenoxy) is 2. The number of aliphatic carboxylic acids is 1. The number of epoxide rings is 1. The standard InChI is InChI=1S/C15H19FO4/c16-12-5-7-13(8-6-12)19-10-4-2-1-3-9-15(11-20-15)14(17)18/h5-8H,1-4,9-11H2,(H,17,18)/t15-/m1/s1. The Kier molecular flexibility index (Phi) is 4.95. The summed E-state index contributed by atoms with van der Waals surface area (Å²) in [5, 5.41) is 8.92. The number of rotatable bonds is 9. The van der Waals surface area contributed by atoms with Gasteiger partial charge in [-0.25, -0.2) is 9.18 Å². The molecule has 1 heterocycles. The van der Waals surface area contributed by atoms with Gasteiger partial charge in [-0.1, -0.05) is 12.8 Å². The fraction of sp³-hybridized carbons (Fsp3) is 0.533. The second-order valence-corrected chi connectivity index (χ2v) is 5.05. The van der Waals surface area contributed by atoms with E-state index in [-0.39, 0.29) is 5.82 Å². The van der Waals surface area contributed by atoms with Crippen molar-refractivity contribution in [3.63, 3.8) is 0 Å². The minimum Gasteiger partial charge on any atom is -0.494 e. The van der Waals surface area contributed by atoms with E-state index in [2.05, 4.69) is 0 Å². The van der Waals surface area contributed by atoms with Crippen molar-refractivity contribution in [3.8, 4) is 5.75 Å². The Morgan fingerprint density at radius 1 is 1.25 bits per heavy atom. The number of hydrogen-bond acceptors (Lipinski definition) is 3. The highest BCUT2D eigenvalue weighted by atomic mass is 19.1. The quantitative estimate of drug-likeness (QED) is 0.558. The second kappa shape index (κ2) is 6.70. The summed E-state index contributed by atoms with van der Waals surface area (Å²) < 4.78 is 23.1. The van der Waals surface area contributed by atoms with Crippen molar-refractivity contribution in [1.82, 2.24) is 0 Å². The molecule has 4 nitrogen and oxygen atoms in total. The first-order valence-corrected chi connectivity index (χ1v) is 6.88. The fourth-order valence-corrected chi connectivity index (χ4v) is 2.05. The Hall–Kier alpha value is -1.62. The molecule has 110 valence electrons. The minimum absolute atomic E-state index is 0.271. The maximum Gasteiger partial charge on any atom is 0.338 e.